The van der Waals surface area contributed by atoms with Crippen molar-refractivity contribution >= 4 is 39.9 Å². The molecule has 16 heteroatoms. The van der Waals surface area contributed by atoms with Crippen molar-refractivity contribution in [2.24, 2.45) is 5.92 Å². The van der Waals surface area contributed by atoms with E-state index in [2.05, 4.69) is 10.6 Å². The second kappa shape index (κ2) is 14.1. The number of allylic oxidation sites excluding steroid dienone is 1. The lowest BCUT2D eigenvalue weighted by Gasteiger charge is -2.30. The Morgan fingerprint density at radius 1 is 1.12 bits per heavy atom. The van der Waals surface area contributed by atoms with Crippen LogP contribution in [0.1, 0.15) is 95.1 Å². The molecule has 0 spiro atoms. The van der Waals surface area contributed by atoms with Crippen molar-refractivity contribution in [2.45, 2.75) is 126 Å². The van der Waals surface area contributed by atoms with Crippen molar-refractivity contribution in [2.75, 3.05) is 6.54 Å². The first-order chi connectivity index (χ1) is 25.5. The summed E-state index contributed by atoms with van der Waals surface area (Å²) in [5.41, 5.74) is -1.94. The predicted molar refractivity (Wildman–Crippen MR) is 180 cm³/mol. The molecule has 278 valence electrons. The first-order valence-electron chi connectivity index (χ1n) is 19.1. The molecule has 3 N–H and O–H groups in total. The number of amides is 5. The van der Waals surface area contributed by atoms with E-state index in [4.69, 9.17) is 15.0 Å². The minimum atomic E-state index is -4.09. The summed E-state index contributed by atoms with van der Waals surface area (Å²) in [5.74, 6) is -4.22. The third kappa shape index (κ3) is 8.31. The highest BCUT2D eigenvalue weighted by Crippen LogP contribution is 2.46. The number of sulfonamides is 1. The van der Waals surface area contributed by atoms with Gasteiger partial charge < -0.3 is 25.0 Å². The van der Waals surface area contributed by atoms with E-state index in [1.54, 1.807) is 26.8 Å². The Bertz CT molecular complexity index is 1910. The number of fused-ring (bicyclic) bond motifs is 3. The average Bonchev–Trinajstić information content (AvgIpc) is 3.96. The molecule has 3 fully saturated rings. The summed E-state index contributed by atoms with van der Waals surface area (Å²) in [5, 5.41) is 4.32. The molecule has 0 unspecified atom stereocenters. The first kappa shape index (κ1) is 31.5. The molecule has 6 rings (SSSR count). The van der Waals surface area contributed by atoms with Crippen LogP contribution in [0.4, 0.5) is 14.0 Å². The van der Waals surface area contributed by atoms with Crippen LogP contribution in [0.3, 0.4) is 0 Å². The maximum atomic E-state index is 14.4. The molecule has 14 nitrogen and oxygen atoms in total. The Morgan fingerprint density at radius 2 is 1.88 bits per heavy atom. The largest absolute Gasteiger partial charge is 0.444 e. The van der Waals surface area contributed by atoms with Crippen molar-refractivity contribution in [3.05, 3.63) is 47.3 Å². The topological polar surface area (TPSA) is 181 Å². The number of nitrogens with zero attached hydrogens (tertiary/aromatic N) is 2. The van der Waals surface area contributed by atoms with Crippen molar-refractivity contribution in [3.63, 3.8) is 0 Å². The maximum absolute atomic E-state index is 14.4. The molecule has 1 aromatic rings. The summed E-state index contributed by atoms with van der Waals surface area (Å²) in [6.07, 6.45) is -6.24. The number of hydrogen-bond donors (Lipinski definition) is 3. The van der Waals surface area contributed by atoms with Crippen LogP contribution in [0.15, 0.2) is 30.4 Å². The highest BCUT2D eigenvalue weighted by atomic mass is 32.2. The summed E-state index contributed by atoms with van der Waals surface area (Å²) in [6.45, 7) is 4.48. The zero-order chi connectivity index (χ0) is 40.3. The highest BCUT2D eigenvalue weighted by Gasteiger charge is 2.62. The minimum Gasteiger partial charge on any atom is -0.444 e. The molecule has 2 aliphatic carbocycles. The molecule has 1 saturated heterocycles. The van der Waals surface area contributed by atoms with E-state index < -0.39 is 105 Å². The lowest BCUT2D eigenvalue weighted by molar-refractivity contribution is -0.141. The minimum absolute atomic E-state index is 0.0643. The number of alkyl carbamates (subject to hydrolysis) is 1. The van der Waals surface area contributed by atoms with Gasteiger partial charge in [-0.25, -0.2) is 22.4 Å². The summed E-state index contributed by atoms with van der Waals surface area (Å²) in [4.78, 5) is 71.0. The summed E-state index contributed by atoms with van der Waals surface area (Å²) in [6, 6.07) is 1.67. The summed E-state index contributed by atoms with van der Waals surface area (Å²) in [7, 11) is -4.09. The Morgan fingerprint density at radius 3 is 2.59 bits per heavy atom. The van der Waals surface area contributed by atoms with E-state index in [9.17, 15) is 36.8 Å². The molecule has 1 aromatic carbocycles. The van der Waals surface area contributed by atoms with E-state index in [1.165, 1.54) is 23.1 Å². The number of ether oxygens (including phenoxy) is 2. The Balaban J connectivity index is 1.31. The predicted octanol–water partition coefficient (Wildman–Crippen LogP) is 3.14. The molecular formula is C35H46FN5O9S. The van der Waals surface area contributed by atoms with Crippen molar-refractivity contribution in [1.29, 1.82) is 0 Å². The second-order valence-electron chi connectivity index (χ2n) is 14.7. The van der Waals surface area contributed by atoms with Crippen LogP contribution in [-0.2, 0) is 47.0 Å². The lowest BCUT2D eigenvalue weighted by atomic mass is 10.0. The molecule has 0 radical (unpaired) electrons. The molecule has 5 aliphatic rings. The fourth-order valence-corrected chi connectivity index (χ4v) is 8.03. The summed E-state index contributed by atoms with van der Waals surface area (Å²) < 4.78 is 87.4. The summed E-state index contributed by atoms with van der Waals surface area (Å²) >= 11 is 0. The zero-order valence-corrected chi connectivity index (χ0v) is 29.5. The molecule has 2 saturated carbocycles. The quantitative estimate of drug-likeness (QED) is 0.383. The van der Waals surface area contributed by atoms with Crippen LogP contribution >= 0.6 is 0 Å². The van der Waals surface area contributed by atoms with E-state index in [0.717, 1.165) is 11.0 Å². The number of benzene rings is 1. The van der Waals surface area contributed by atoms with Gasteiger partial charge in [-0.15, -0.1) is 0 Å². The number of rotatable bonds is 5. The molecule has 0 bridgehead atoms. The fourth-order valence-electron chi connectivity index (χ4n) is 6.67. The Labute approximate surface area is 302 Å². The van der Waals surface area contributed by atoms with Gasteiger partial charge in [-0.2, -0.15) is 0 Å². The molecule has 51 heavy (non-hydrogen) atoms. The molecular weight excluding hydrogens is 685 g/mol. The van der Waals surface area contributed by atoms with Crippen LogP contribution in [0.25, 0.3) is 0 Å². The standard InChI is InChI=1S/C35H46FN5O9S/c1-34(2,3)50-32(45)37-27-13-8-6-4-5-7-11-22-17-35(22,31(44)39-51(47,48)24-14-15-24)38-29(42)28-16-23(19-41(28)30(27)43)49-33(46)40-18-21-10-9-12-26(36)25(21)20-40/h7,9-12,22-24,27-28H,4-6,8,13-20H2,1-3H3,(H,37,45)(H,38,42)(H,39,44)/b11-7-/t22-,23-,27+,28+,35-/m1/s1/i4D2,5D2. The number of hydrogen-bond acceptors (Lipinski definition) is 9. The van der Waals surface area contributed by atoms with Crippen LogP contribution in [-0.4, -0.2) is 89.2 Å². The lowest BCUT2D eigenvalue weighted by Crippen LogP contribution is -2.58. The highest BCUT2D eigenvalue weighted by molar-refractivity contribution is 7.91. The van der Waals surface area contributed by atoms with Crippen LogP contribution in [0.2, 0.25) is 0 Å². The van der Waals surface area contributed by atoms with Crippen LogP contribution < -0.4 is 15.4 Å². The van der Waals surface area contributed by atoms with E-state index in [1.807, 2.05) is 4.72 Å². The molecule has 3 heterocycles. The number of carbonyl (C=O) groups excluding carboxylic acids is 5. The van der Waals surface area contributed by atoms with E-state index in [0.29, 0.717) is 24.0 Å². The van der Waals surface area contributed by atoms with Gasteiger partial charge in [0.25, 0.3) is 5.91 Å². The average molecular weight is 736 g/mol. The van der Waals surface area contributed by atoms with Crippen LogP contribution in [0.5, 0.6) is 0 Å². The Hall–Kier alpha value is -4.21. The van der Waals surface area contributed by atoms with Crippen molar-refractivity contribution in [1.82, 2.24) is 25.2 Å². The van der Waals surface area contributed by atoms with Gasteiger partial charge >= 0.3 is 12.2 Å². The second-order valence-corrected chi connectivity index (χ2v) is 16.7. The molecule has 5 amide bonds. The molecule has 0 aromatic heterocycles. The number of carbonyl (C=O) groups is 5. The van der Waals surface area contributed by atoms with Gasteiger partial charge in [0.15, 0.2) is 0 Å². The van der Waals surface area contributed by atoms with Gasteiger partial charge in [-0.1, -0.05) is 37.1 Å². The third-order valence-electron chi connectivity index (χ3n) is 9.56. The molecule has 3 aliphatic heterocycles. The fraction of sp³-hybridized carbons (Fsp3) is 0.629. The number of halogens is 1. The van der Waals surface area contributed by atoms with Gasteiger partial charge in [0.05, 0.1) is 18.3 Å². The SMILES string of the molecule is [2H]C1([2H])/C=C\[C@@H]2C[C@@]2(C(=O)NS(=O)(=O)C2CC2)NC(=O)[C@@H]2C[C@@H](OC(=O)N3Cc4cccc(F)c4C3)CN2C(=O)[C@@H](NC(=O)OC(C)(C)C)CCCC1([2H])[2H]. The van der Waals surface area contributed by atoms with Crippen LogP contribution in [0, 0.1) is 11.7 Å². The first-order valence-corrected chi connectivity index (χ1v) is 18.7. The maximum Gasteiger partial charge on any atom is 0.410 e. The molecule has 5 atom stereocenters. The number of nitrogens with one attached hydrogen (secondary N) is 3. The zero-order valence-electron chi connectivity index (χ0n) is 32.7. The van der Waals surface area contributed by atoms with E-state index >= 15 is 0 Å². The van der Waals surface area contributed by atoms with Crippen molar-refractivity contribution in [3.8, 4) is 0 Å². The Kier molecular flexibility index (Phi) is 8.70. The third-order valence-corrected chi connectivity index (χ3v) is 11.4. The monoisotopic (exact) mass is 735 g/mol. The van der Waals surface area contributed by atoms with E-state index in [-0.39, 0.29) is 45.3 Å². The smallest absolute Gasteiger partial charge is 0.410 e. The van der Waals surface area contributed by atoms with Gasteiger partial charge in [-0.3, -0.25) is 24.0 Å². The normalized spacial score (nSPS) is 32.1. The van der Waals surface area contributed by atoms with Crippen molar-refractivity contribution < 1.29 is 51.7 Å². The van der Waals surface area contributed by atoms with Gasteiger partial charge in [0.1, 0.15) is 35.1 Å². The van der Waals surface area contributed by atoms with Gasteiger partial charge in [0, 0.05) is 29.9 Å². The van der Waals surface area contributed by atoms with Gasteiger partial charge in [0.2, 0.25) is 21.8 Å². The van der Waals surface area contributed by atoms with Gasteiger partial charge in [-0.05, 0) is 70.8 Å².